The summed E-state index contributed by atoms with van der Waals surface area (Å²) in [6.45, 7) is 9.48. The van der Waals surface area contributed by atoms with E-state index in [2.05, 4.69) is 67.4 Å². The first-order valence-electron chi connectivity index (χ1n) is 12.3. The Hall–Kier alpha value is -3.62. The van der Waals surface area contributed by atoms with E-state index in [9.17, 15) is 0 Å². The number of para-hydroxylation sites is 1. The highest BCUT2D eigenvalue weighted by Gasteiger charge is 2.19. The van der Waals surface area contributed by atoms with Gasteiger partial charge in [0.1, 0.15) is 10.8 Å². The van der Waals surface area contributed by atoms with Gasteiger partial charge in [0.05, 0.1) is 11.9 Å². The Morgan fingerprint density at radius 2 is 1.86 bits per heavy atom. The van der Waals surface area contributed by atoms with E-state index in [1.54, 1.807) is 12.4 Å². The molecule has 0 fully saturated rings. The predicted octanol–water partition coefficient (Wildman–Crippen LogP) is 5.68. The van der Waals surface area contributed by atoms with Crippen LogP contribution < -0.4 is 15.5 Å². The van der Waals surface area contributed by atoms with E-state index in [-0.39, 0.29) is 0 Å². The van der Waals surface area contributed by atoms with Crippen LogP contribution >= 0.6 is 11.6 Å². The van der Waals surface area contributed by atoms with Gasteiger partial charge in [-0.1, -0.05) is 36.7 Å². The summed E-state index contributed by atoms with van der Waals surface area (Å²) in [5.41, 5.74) is 5.36. The van der Waals surface area contributed by atoms with Crippen LogP contribution in [0.15, 0.2) is 61.1 Å². The van der Waals surface area contributed by atoms with E-state index in [0.717, 1.165) is 55.5 Å². The predicted molar refractivity (Wildman–Crippen MR) is 148 cm³/mol. The molecule has 5 rings (SSSR count). The number of nitrogens with zero attached hydrogens (tertiary/aromatic N) is 6. The number of aryl methyl sites for hydroxylation is 1. The van der Waals surface area contributed by atoms with Gasteiger partial charge >= 0.3 is 0 Å². The number of nitrogens with one attached hydrogen (secondary N) is 2. The molecule has 1 aliphatic heterocycles. The van der Waals surface area contributed by atoms with Crippen molar-refractivity contribution in [1.82, 2.24) is 24.4 Å². The fourth-order valence-corrected chi connectivity index (χ4v) is 4.69. The molecule has 186 valence electrons. The van der Waals surface area contributed by atoms with Crippen molar-refractivity contribution in [2.45, 2.75) is 20.4 Å². The van der Waals surface area contributed by atoms with Crippen LogP contribution in [0.25, 0.3) is 11.4 Å². The molecule has 0 amide bonds. The smallest absolute Gasteiger partial charge is 0.229 e. The van der Waals surface area contributed by atoms with Gasteiger partial charge in [-0.25, -0.2) is 9.97 Å². The fraction of sp³-hybridized carbons (Fsp3) is 0.296. The van der Waals surface area contributed by atoms with Crippen molar-refractivity contribution in [1.29, 1.82) is 0 Å². The summed E-state index contributed by atoms with van der Waals surface area (Å²) in [5, 5.41) is 7.19. The molecule has 9 heteroatoms. The quantitative estimate of drug-likeness (QED) is 0.337. The number of imidazole rings is 1. The Labute approximate surface area is 217 Å². The van der Waals surface area contributed by atoms with E-state index < -0.39 is 0 Å². The van der Waals surface area contributed by atoms with Gasteiger partial charge in [-0.3, -0.25) is 4.90 Å². The maximum absolute atomic E-state index is 6.49. The van der Waals surface area contributed by atoms with Gasteiger partial charge in [0, 0.05) is 62.6 Å². The lowest BCUT2D eigenvalue weighted by Crippen LogP contribution is -2.31. The summed E-state index contributed by atoms with van der Waals surface area (Å²) >= 11 is 6.49. The Kier molecular flexibility index (Phi) is 7.06. The maximum Gasteiger partial charge on any atom is 0.229 e. The Morgan fingerprint density at radius 3 is 2.64 bits per heavy atom. The topological polar surface area (TPSA) is 74.1 Å². The van der Waals surface area contributed by atoms with Gasteiger partial charge in [-0.05, 0) is 43.3 Å². The van der Waals surface area contributed by atoms with Gasteiger partial charge < -0.3 is 20.1 Å². The minimum atomic E-state index is 0.439. The minimum absolute atomic E-state index is 0.439. The standard InChI is InChI=1S/C27H31ClN8/c1-4-35-14-15-36(5-2)24-16-20(11-10-19(24)18-35)31-27-30-17-22(28)25(33-27)32-23-9-7-6-8-21(23)26-29-12-13-34(26)3/h6-13,16-17H,4-5,14-15,18H2,1-3H3,(H2,30,31,32,33). The number of likely N-dealkylation sites (N-methyl/N-ethyl adjacent to an activating group) is 2. The van der Waals surface area contributed by atoms with Crippen LogP contribution in [0.3, 0.4) is 0 Å². The lowest BCUT2D eigenvalue weighted by molar-refractivity contribution is 0.293. The molecule has 8 nitrogen and oxygen atoms in total. The molecule has 0 saturated carbocycles. The molecule has 0 unspecified atom stereocenters. The first-order chi connectivity index (χ1) is 17.6. The highest BCUT2D eigenvalue weighted by atomic mass is 35.5. The van der Waals surface area contributed by atoms with Crippen molar-refractivity contribution in [3.63, 3.8) is 0 Å². The van der Waals surface area contributed by atoms with Crippen LogP contribution in [0.1, 0.15) is 19.4 Å². The van der Waals surface area contributed by atoms with Crippen LogP contribution in [-0.4, -0.2) is 50.6 Å². The second-order valence-corrected chi connectivity index (χ2v) is 9.25. The Morgan fingerprint density at radius 1 is 1.00 bits per heavy atom. The fourth-order valence-electron chi connectivity index (χ4n) is 4.55. The van der Waals surface area contributed by atoms with Gasteiger partial charge in [0.15, 0.2) is 5.82 Å². The third kappa shape index (κ3) is 5.01. The van der Waals surface area contributed by atoms with E-state index in [4.69, 9.17) is 11.6 Å². The maximum atomic E-state index is 6.49. The first-order valence-corrected chi connectivity index (χ1v) is 12.7. The average Bonchev–Trinajstić information content (AvgIpc) is 3.23. The molecule has 0 saturated heterocycles. The average molecular weight is 503 g/mol. The molecule has 0 spiro atoms. The molecule has 0 atom stereocenters. The lowest BCUT2D eigenvalue weighted by Gasteiger charge is -2.23. The molecule has 2 aromatic carbocycles. The van der Waals surface area contributed by atoms with Crippen molar-refractivity contribution in [2.24, 2.45) is 7.05 Å². The Balaban J connectivity index is 1.41. The number of hydrogen-bond donors (Lipinski definition) is 2. The van der Waals surface area contributed by atoms with E-state index >= 15 is 0 Å². The van der Waals surface area contributed by atoms with Crippen molar-refractivity contribution >= 4 is 40.4 Å². The van der Waals surface area contributed by atoms with E-state index in [1.807, 2.05) is 42.1 Å². The molecule has 2 aromatic heterocycles. The summed E-state index contributed by atoms with van der Waals surface area (Å²) in [4.78, 5) is 18.5. The molecule has 2 N–H and O–H groups in total. The molecule has 0 bridgehead atoms. The third-order valence-electron chi connectivity index (χ3n) is 6.58. The number of fused-ring (bicyclic) bond motifs is 1. The molecule has 1 aliphatic rings. The molecule has 4 aromatic rings. The van der Waals surface area contributed by atoms with Gasteiger partial charge in [-0.15, -0.1) is 0 Å². The largest absolute Gasteiger partial charge is 0.370 e. The number of halogens is 1. The summed E-state index contributed by atoms with van der Waals surface area (Å²) < 4.78 is 1.98. The molecule has 0 radical (unpaired) electrons. The molecular weight excluding hydrogens is 472 g/mol. The van der Waals surface area contributed by atoms with E-state index in [0.29, 0.717) is 16.8 Å². The zero-order chi connectivity index (χ0) is 25.1. The molecule has 3 heterocycles. The van der Waals surface area contributed by atoms with Crippen molar-refractivity contribution in [2.75, 3.05) is 41.7 Å². The molecule has 36 heavy (non-hydrogen) atoms. The van der Waals surface area contributed by atoms with E-state index in [1.165, 1.54) is 11.3 Å². The summed E-state index contributed by atoms with van der Waals surface area (Å²) in [7, 11) is 1.97. The highest BCUT2D eigenvalue weighted by molar-refractivity contribution is 6.33. The van der Waals surface area contributed by atoms with Gasteiger partial charge in [0.25, 0.3) is 0 Å². The summed E-state index contributed by atoms with van der Waals surface area (Å²) in [5.74, 6) is 1.86. The second-order valence-electron chi connectivity index (χ2n) is 8.84. The van der Waals surface area contributed by atoms with Crippen LogP contribution in [0.5, 0.6) is 0 Å². The monoisotopic (exact) mass is 502 g/mol. The number of rotatable bonds is 7. The number of hydrogen-bond acceptors (Lipinski definition) is 7. The zero-order valence-electron chi connectivity index (χ0n) is 20.9. The Bertz CT molecular complexity index is 1350. The number of aromatic nitrogens is 4. The summed E-state index contributed by atoms with van der Waals surface area (Å²) in [6, 6.07) is 14.5. The molecular formula is C27H31ClN8. The number of benzene rings is 2. The van der Waals surface area contributed by atoms with Crippen LogP contribution in [-0.2, 0) is 13.6 Å². The van der Waals surface area contributed by atoms with Crippen molar-refractivity contribution in [3.8, 4) is 11.4 Å². The van der Waals surface area contributed by atoms with Crippen molar-refractivity contribution in [3.05, 3.63) is 71.6 Å². The van der Waals surface area contributed by atoms with Crippen molar-refractivity contribution < 1.29 is 0 Å². The van der Waals surface area contributed by atoms with Crippen LogP contribution in [0.4, 0.5) is 28.8 Å². The SMILES string of the molecule is CCN1CCN(CC)c2cc(Nc3ncc(Cl)c(Nc4ccccc4-c4nccn4C)n3)ccc2C1. The van der Waals surface area contributed by atoms with Gasteiger partial charge in [-0.2, -0.15) is 4.98 Å². The van der Waals surface area contributed by atoms with Crippen LogP contribution in [0.2, 0.25) is 5.02 Å². The number of anilines is 5. The minimum Gasteiger partial charge on any atom is -0.370 e. The third-order valence-corrected chi connectivity index (χ3v) is 6.85. The normalized spacial score (nSPS) is 13.8. The van der Waals surface area contributed by atoms with Gasteiger partial charge in [0.2, 0.25) is 5.95 Å². The highest BCUT2D eigenvalue weighted by Crippen LogP contribution is 2.32. The lowest BCUT2D eigenvalue weighted by atomic mass is 10.1. The van der Waals surface area contributed by atoms with Crippen LogP contribution in [0, 0.1) is 0 Å². The summed E-state index contributed by atoms with van der Waals surface area (Å²) in [6.07, 6.45) is 5.32. The first kappa shape index (κ1) is 24.1. The molecule has 0 aliphatic carbocycles. The zero-order valence-corrected chi connectivity index (χ0v) is 21.6. The second kappa shape index (κ2) is 10.6.